The first kappa shape index (κ1) is 24.8. The highest BCUT2D eigenvalue weighted by molar-refractivity contribution is 6.11. The summed E-state index contributed by atoms with van der Waals surface area (Å²) in [6, 6.07) is 7.37. The van der Waals surface area contributed by atoms with Crippen molar-refractivity contribution in [3.63, 3.8) is 0 Å². The summed E-state index contributed by atoms with van der Waals surface area (Å²) in [6.07, 6.45) is 9.00. The molecule has 36 heavy (non-hydrogen) atoms. The predicted octanol–water partition coefficient (Wildman–Crippen LogP) is 3.03. The summed E-state index contributed by atoms with van der Waals surface area (Å²) < 4.78 is 5.58. The Morgan fingerprint density at radius 2 is 1.58 bits per heavy atom. The number of piperazine rings is 1. The van der Waals surface area contributed by atoms with Crippen LogP contribution < -0.4 is 4.74 Å². The number of carbonyl (C=O) groups excluding carboxylic acids is 4. The van der Waals surface area contributed by atoms with Crippen molar-refractivity contribution in [2.45, 2.75) is 88.1 Å². The Morgan fingerprint density at radius 3 is 2.28 bits per heavy atom. The molecule has 5 rings (SSSR count). The number of nitrogens with zero attached hydrogens (tertiary/aromatic N) is 3. The van der Waals surface area contributed by atoms with E-state index in [-0.39, 0.29) is 55.1 Å². The molecular formula is C28H37N3O5. The van der Waals surface area contributed by atoms with Crippen molar-refractivity contribution in [3.8, 4) is 5.75 Å². The SMILES string of the molecule is COc1ccccc1C1(CC(=O)N2CCN(C3CCCCC3)C(=O)C2)CC(=O)N(C2CCCC2)C1=O. The van der Waals surface area contributed by atoms with Gasteiger partial charge in [-0.15, -0.1) is 0 Å². The van der Waals surface area contributed by atoms with E-state index >= 15 is 0 Å². The van der Waals surface area contributed by atoms with Crippen LogP contribution in [0.5, 0.6) is 5.75 Å². The van der Waals surface area contributed by atoms with Crippen molar-refractivity contribution in [2.75, 3.05) is 26.7 Å². The third kappa shape index (κ3) is 4.39. The summed E-state index contributed by atoms with van der Waals surface area (Å²) in [7, 11) is 1.54. The van der Waals surface area contributed by atoms with E-state index in [9.17, 15) is 19.2 Å². The van der Waals surface area contributed by atoms with Crippen LogP contribution in [0.1, 0.15) is 76.2 Å². The molecule has 2 aliphatic heterocycles. The topological polar surface area (TPSA) is 87.2 Å². The number of rotatable bonds is 6. The van der Waals surface area contributed by atoms with Gasteiger partial charge in [0.05, 0.1) is 19.1 Å². The van der Waals surface area contributed by atoms with Crippen molar-refractivity contribution in [1.82, 2.24) is 14.7 Å². The number of hydrogen-bond donors (Lipinski definition) is 0. The van der Waals surface area contributed by atoms with E-state index in [0.717, 1.165) is 51.4 Å². The number of methoxy groups -OCH3 is 1. The Kier molecular flexibility index (Phi) is 7.04. The van der Waals surface area contributed by atoms with Gasteiger partial charge in [-0.2, -0.15) is 0 Å². The van der Waals surface area contributed by atoms with Crippen molar-refractivity contribution in [3.05, 3.63) is 29.8 Å². The number of carbonyl (C=O) groups is 4. The Bertz CT molecular complexity index is 1030. The lowest BCUT2D eigenvalue weighted by Gasteiger charge is -2.41. The number of ether oxygens (including phenoxy) is 1. The molecule has 1 aromatic carbocycles. The second kappa shape index (κ2) is 10.2. The first-order valence-electron chi connectivity index (χ1n) is 13.5. The second-order valence-corrected chi connectivity index (χ2v) is 10.8. The fraction of sp³-hybridized carbons (Fsp3) is 0.643. The van der Waals surface area contributed by atoms with E-state index in [1.807, 2.05) is 17.0 Å². The minimum Gasteiger partial charge on any atom is -0.496 e. The van der Waals surface area contributed by atoms with Crippen LogP contribution >= 0.6 is 0 Å². The fourth-order valence-electron chi connectivity index (χ4n) is 6.83. The average Bonchev–Trinajstić information content (AvgIpc) is 3.50. The van der Waals surface area contributed by atoms with Crippen molar-refractivity contribution >= 4 is 23.6 Å². The number of imide groups is 1. The van der Waals surface area contributed by atoms with Gasteiger partial charge in [-0.1, -0.05) is 50.3 Å². The highest BCUT2D eigenvalue weighted by atomic mass is 16.5. The van der Waals surface area contributed by atoms with Crippen LogP contribution in [-0.4, -0.2) is 77.2 Å². The molecule has 0 radical (unpaired) electrons. The number of hydrogen-bond acceptors (Lipinski definition) is 5. The van der Waals surface area contributed by atoms with E-state index in [4.69, 9.17) is 4.74 Å². The van der Waals surface area contributed by atoms with E-state index < -0.39 is 5.41 Å². The number of para-hydroxylation sites is 1. The van der Waals surface area contributed by atoms with Crippen LogP contribution in [0.4, 0.5) is 0 Å². The monoisotopic (exact) mass is 495 g/mol. The molecule has 0 aromatic heterocycles. The number of benzene rings is 1. The molecule has 1 atom stereocenters. The second-order valence-electron chi connectivity index (χ2n) is 10.8. The lowest BCUT2D eigenvalue weighted by atomic mass is 9.75. The Labute approximate surface area is 212 Å². The van der Waals surface area contributed by atoms with Gasteiger partial charge < -0.3 is 14.5 Å². The smallest absolute Gasteiger partial charge is 0.242 e. The molecule has 2 heterocycles. The largest absolute Gasteiger partial charge is 0.496 e. The minimum atomic E-state index is -1.31. The van der Waals surface area contributed by atoms with Gasteiger partial charge in [0.15, 0.2) is 0 Å². The standard InChI is InChI=1S/C28H37N3O5/c1-36-23-14-8-7-13-22(23)28(18-25(33)31(27(28)35)21-11-5-6-12-21)17-24(32)29-15-16-30(26(34)19-29)20-9-3-2-4-10-20/h7-8,13-14,20-21H,2-6,9-12,15-19H2,1H3. The Hall–Kier alpha value is -2.90. The van der Waals surface area contributed by atoms with Crippen LogP contribution in [-0.2, 0) is 24.6 Å². The minimum absolute atomic E-state index is 0.0192. The molecule has 2 saturated carbocycles. The van der Waals surface area contributed by atoms with Gasteiger partial charge in [0.25, 0.3) is 0 Å². The molecule has 0 bridgehead atoms. The average molecular weight is 496 g/mol. The lowest BCUT2D eigenvalue weighted by Crippen LogP contribution is -2.56. The van der Waals surface area contributed by atoms with Crippen molar-refractivity contribution in [1.29, 1.82) is 0 Å². The summed E-state index contributed by atoms with van der Waals surface area (Å²) in [5, 5.41) is 0. The molecule has 4 amide bonds. The molecule has 194 valence electrons. The first-order chi connectivity index (χ1) is 17.4. The van der Waals surface area contributed by atoms with Crippen LogP contribution in [0.2, 0.25) is 0 Å². The summed E-state index contributed by atoms with van der Waals surface area (Å²) in [5.74, 6) is -0.299. The Morgan fingerprint density at radius 1 is 0.917 bits per heavy atom. The highest BCUT2D eigenvalue weighted by Crippen LogP contribution is 2.46. The van der Waals surface area contributed by atoms with Crippen LogP contribution in [0, 0.1) is 0 Å². The van der Waals surface area contributed by atoms with Gasteiger partial charge in [0.2, 0.25) is 23.6 Å². The molecule has 2 aliphatic carbocycles. The molecule has 0 spiro atoms. The molecule has 1 unspecified atom stereocenters. The van der Waals surface area contributed by atoms with E-state index in [0.29, 0.717) is 24.4 Å². The van der Waals surface area contributed by atoms with Gasteiger partial charge in [-0.3, -0.25) is 24.1 Å². The van der Waals surface area contributed by atoms with Crippen LogP contribution in [0.3, 0.4) is 0 Å². The van der Waals surface area contributed by atoms with Crippen LogP contribution in [0.25, 0.3) is 0 Å². The summed E-state index contributed by atoms with van der Waals surface area (Å²) in [6.45, 7) is 1.02. The maximum absolute atomic E-state index is 14.0. The molecular weight excluding hydrogens is 458 g/mol. The maximum atomic E-state index is 14.0. The molecule has 8 heteroatoms. The predicted molar refractivity (Wildman–Crippen MR) is 133 cm³/mol. The van der Waals surface area contributed by atoms with Crippen molar-refractivity contribution in [2.24, 2.45) is 0 Å². The maximum Gasteiger partial charge on any atom is 0.242 e. The van der Waals surface area contributed by atoms with Crippen LogP contribution in [0.15, 0.2) is 24.3 Å². The third-order valence-electron chi connectivity index (χ3n) is 8.74. The molecule has 4 fully saturated rings. The highest BCUT2D eigenvalue weighted by Gasteiger charge is 2.57. The molecule has 1 aromatic rings. The first-order valence-corrected chi connectivity index (χ1v) is 13.5. The Balaban J connectivity index is 1.39. The fourth-order valence-corrected chi connectivity index (χ4v) is 6.83. The van der Waals surface area contributed by atoms with Gasteiger partial charge >= 0.3 is 0 Å². The quantitative estimate of drug-likeness (QED) is 0.566. The zero-order valence-corrected chi connectivity index (χ0v) is 21.2. The number of likely N-dealkylation sites (tertiary alicyclic amines) is 1. The summed E-state index contributed by atoms with van der Waals surface area (Å²) >= 11 is 0. The van der Waals surface area contributed by atoms with E-state index in [1.54, 1.807) is 17.0 Å². The lowest BCUT2D eigenvalue weighted by molar-refractivity contribution is -0.149. The van der Waals surface area contributed by atoms with Gasteiger partial charge in [-0.05, 0) is 31.7 Å². The number of amides is 4. The molecule has 0 N–H and O–H groups in total. The van der Waals surface area contributed by atoms with Crippen molar-refractivity contribution < 1.29 is 23.9 Å². The zero-order valence-electron chi connectivity index (χ0n) is 21.2. The van der Waals surface area contributed by atoms with E-state index in [1.165, 1.54) is 18.4 Å². The normalized spacial score (nSPS) is 26.2. The van der Waals surface area contributed by atoms with E-state index in [2.05, 4.69) is 0 Å². The van der Waals surface area contributed by atoms with Gasteiger partial charge in [0, 0.05) is 43.6 Å². The molecule has 8 nitrogen and oxygen atoms in total. The zero-order chi connectivity index (χ0) is 25.3. The van der Waals surface area contributed by atoms with Gasteiger partial charge in [0.1, 0.15) is 5.75 Å². The molecule has 2 saturated heterocycles. The summed E-state index contributed by atoms with van der Waals surface area (Å²) in [5.41, 5.74) is -0.737. The van der Waals surface area contributed by atoms with Gasteiger partial charge in [-0.25, -0.2) is 0 Å². The molecule has 4 aliphatic rings. The third-order valence-corrected chi connectivity index (χ3v) is 8.74. The summed E-state index contributed by atoms with van der Waals surface area (Å²) in [4.78, 5) is 59.0.